The minimum atomic E-state index is 0.106. The molecule has 4 heteroatoms. The fourth-order valence-electron chi connectivity index (χ4n) is 2.46. The average Bonchev–Trinajstić information content (AvgIpc) is 2.67. The van der Waals surface area contributed by atoms with Crippen molar-refractivity contribution in [3.8, 4) is 5.75 Å². The van der Waals surface area contributed by atoms with Crippen molar-refractivity contribution in [1.82, 2.24) is 5.32 Å². The lowest BCUT2D eigenvalue weighted by atomic mass is 9.92. The number of hydrogen-bond acceptors (Lipinski definition) is 2. The molecule has 134 valence electrons. The Hall–Kier alpha value is -3.27. The molecule has 2 aromatic carbocycles. The van der Waals surface area contributed by atoms with Gasteiger partial charge in [0.15, 0.2) is 0 Å². The standard InChI is InChI=1S/C22H25N3O/c1-5-6-11-16(2)17(3)18-12-7-8-13-19(18)24-22(23-4)25-20-14-9-10-15-21(20)26/h5-15,17,26H,1-2H2,3-4H3,(H2,23,24,25)/b11-6-. The van der Waals surface area contributed by atoms with Gasteiger partial charge in [-0.15, -0.1) is 0 Å². The Kier molecular flexibility index (Phi) is 6.80. The predicted octanol–water partition coefficient (Wildman–Crippen LogP) is 5.11. The number of para-hydroxylation sites is 3. The van der Waals surface area contributed by atoms with Gasteiger partial charge in [-0.2, -0.15) is 0 Å². The Balaban J connectivity index is 2.33. The van der Waals surface area contributed by atoms with Gasteiger partial charge in [-0.3, -0.25) is 0 Å². The van der Waals surface area contributed by atoms with Crippen LogP contribution in [0.25, 0.3) is 0 Å². The summed E-state index contributed by atoms with van der Waals surface area (Å²) in [6.07, 6.45) is 5.57. The molecule has 0 bridgehead atoms. The van der Waals surface area contributed by atoms with Crippen LogP contribution in [0.3, 0.4) is 0 Å². The van der Waals surface area contributed by atoms with Crippen molar-refractivity contribution >= 4 is 17.3 Å². The molecule has 3 N–H and O–H groups in total. The molecule has 2 rings (SSSR count). The minimum absolute atomic E-state index is 0.106. The third-order valence-corrected chi connectivity index (χ3v) is 4.03. The molecule has 0 spiro atoms. The first-order chi connectivity index (χ1) is 12.6. The van der Waals surface area contributed by atoms with Gasteiger partial charge in [0.1, 0.15) is 5.75 Å². The normalized spacial score (nSPS) is 12.6. The van der Waals surface area contributed by atoms with Crippen molar-refractivity contribution < 1.29 is 5.11 Å². The molecule has 4 nitrogen and oxygen atoms in total. The van der Waals surface area contributed by atoms with Gasteiger partial charge in [0.05, 0.1) is 11.4 Å². The molecule has 0 saturated carbocycles. The SMILES string of the molecule is C=C/C=C\C(=C)C(C)c1ccccc1/N=C(\NC)Nc1ccccc1O. The van der Waals surface area contributed by atoms with Crippen LogP contribution in [0.2, 0.25) is 0 Å². The number of rotatable bonds is 6. The highest BCUT2D eigenvalue weighted by atomic mass is 16.3. The second-order valence-electron chi connectivity index (χ2n) is 5.80. The van der Waals surface area contributed by atoms with Crippen LogP contribution in [0.5, 0.6) is 5.75 Å². The van der Waals surface area contributed by atoms with E-state index in [1.54, 1.807) is 31.3 Å². The summed E-state index contributed by atoms with van der Waals surface area (Å²) in [5, 5.41) is 16.1. The van der Waals surface area contributed by atoms with E-state index in [2.05, 4.69) is 30.7 Å². The molecule has 0 aromatic heterocycles. The highest BCUT2D eigenvalue weighted by molar-refractivity contribution is 5.96. The van der Waals surface area contributed by atoms with E-state index in [1.165, 1.54) is 0 Å². The zero-order valence-corrected chi connectivity index (χ0v) is 15.2. The molecule has 26 heavy (non-hydrogen) atoms. The summed E-state index contributed by atoms with van der Waals surface area (Å²) in [5.41, 5.74) is 3.47. The van der Waals surface area contributed by atoms with Crippen molar-refractivity contribution in [2.24, 2.45) is 4.99 Å². The molecule has 0 saturated heterocycles. The zero-order valence-electron chi connectivity index (χ0n) is 15.2. The first-order valence-corrected chi connectivity index (χ1v) is 8.45. The molecule has 1 unspecified atom stereocenters. The highest BCUT2D eigenvalue weighted by Gasteiger charge is 2.12. The molecule has 0 aliphatic rings. The van der Waals surface area contributed by atoms with Crippen LogP contribution in [-0.4, -0.2) is 18.1 Å². The Labute approximate surface area is 155 Å². The number of benzene rings is 2. The van der Waals surface area contributed by atoms with E-state index in [9.17, 15) is 5.11 Å². The highest BCUT2D eigenvalue weighted by Crippen LogP contribution is 2.32. The van der Waals surface area contributed by atoms with Gasteiger partial charge >= 0.3 is 0 Å². The van der Waals surface area contributed by atoms with Crippen LogP contribution in [0, 0.1) is 0 Å². The number of hydrogen-bond donors (Lipinski definition) is 3. The Morgan fingerprint density at radius 2 is 1.85 bits per heavy atom. The average molecular weight is 347 g/mol. The molecule has 1 atom stereocenters. The lowest BCUT2D eigenvalue weighted by Crippen LogP contribution is -2.26. The van der Waals surface area contributed by atoms with Crippen molar-refractivity contribution in [3.05, 3.63) is 91.1 Å². The summed E-state index contributed by atoms with van der Waals surface area (Å²) in [4.78, 5) is 4.70. The van der Waals surface area contributed by atoms with Crippen LogP contribution in [-0.2, 0) is 0 Å². The van der Waals surface area contributed by atoms with Crippen LogP contribution in [0.1, 0.15) is 18.4 Å². The first kappa shape index (κ1) is 19.1. The van der Waals surface area contributed by atoms with Crippen LogP contribution in [0.15, 0.2) is 90.5 Å². The van der Waals surface area contributed by atoms with Gasteiger partial charge in [-0.05, 0) is 29.3 Å². The van der Waals surface area contributed by atoms with E-state index in [0.29, 0.717) is 11.6 Å². The van der Waals surface area contributed by atoms with Crippen molar-refractivity contribution in [1.29, 1.82) is 0 Å². The summed E-state index contributed by atoms with van der Waals surface area (Å²) in [7, 11) is 1.78. The van der Waals surface area contributed by atoms with Gasteiger partial charge in [0.25, 0.3) is 0 Å². The Morgan fingerprint density at radius 3 is 2.54 bits per heavy atom. The summed E-state index contributed by atoms with van der Waals surface area (Å²) in [6, 6.07) is 15.0. The van der Waals surface area contributed by atoms with Gasteiger partial charge in [0, 0.05) is 13.0 Å². The number of nitrogens with one attached hydrogen (secondary N) is 2. The summed E-state index contributed by atoms with van der Waals surface area (Å²) in [6.45, 7) is 9.93. The largest absolute Gasteiger partial charge is 0.506 e. The fraction of sp³-hybridized carbons (Fsp3) is 0.136. The minimum Gasteiger partial charge on any atom is -0.506 e. The van der Waals surface area contributed by atoms with Gasteiger partial charge in [-0.1, -0.05) is 68.6 Å². The summed E-state index contributed by atoms with van der Waals surface area (Å²) < 4.78 is 0. The number of allylic oxidation sites excluding steroid dienone is 4. The van der Waals surface area contributed by atoms with Crippen molar-refractivity contribution in [2.45, 2.75) is 12.8 Å². The van der Waals surface area contributed by atoms with E-state index in [1.807, 2.05) is 42.5 Å². The van der Waals surface area contributed by atoms with Crippen LogP contribution < -0.4 is 10.6 Å². The summed E-state index contributed by atoms with van der Waals surface area (Å²) >= 11 is 0. The van der Waals surface area contributed by atoms with Crippen molar-refractivity contribution in [3.63, 3.8) is 0 Å². The van der Waals surface area contributed by atoms with Crippen LogP contribution in [0.4, 0.5) is 11.4 Å². The Morgan fingerprint density at radius 1 is 1.15 bits per heavy atom. The number of guanidine groups is 1. The molecule has 0 heterocycles. The zero-order chi connectivity index (χ0) is 18.9. The Bertz CT molecular complexity index is 837. The van der Waals surface area contributed by atoms with Gasteiger partial charge in [0.2, 0.25) is 5.96 Å². The predicted molar refractivity (Wildman–Crippen MR) is 111 cm³/mol. The number of phenols is 1. The topological polar surface area (TPSA) is 56.7 Å². The molecule has 0 amide bonds. The molecular formula is C22H25N3O. The number of phenolic OH excluding ortho intramolecular Hbond substituents is 1. The van der Waals surface area contributed by atoms with E-state index in [-0.39, 0.29) is 11.7 Å². The third kappa shape index (κ3) is 4.86. The maximum Gasteiger partial charge on any atom is 0.200 e. The lowest BCUT2D eigenvalue weighted by Gasteiger charge is -2.16. The number of aromatic hydroxyl groups is 1. The molecule has 0 radical (unpaired) electrons. The maximum atomic E-state index is 9.95. The smallest absolute Gasteiger partial charge is 0.200 e. The molecule has 0 fully saturated rings. The first-order valence-electron chi connectivity index (χ1n) is 8.45. The van der Waals surface area contributed by atoms with E-state index in [4.69, 9.17) is 4.99 Å². The second kappa shape index (κ2) is 9.28. The van der Waals surface area contributed by atoms with E-state index in [0.717, 1.165) is 16.8 Å². The molecule has 2 aromatic rings. The third-order valence-electron chi connectivity index (χ3n) is 4.03. The van der Waals surface area contributed by atoms with Crippen LogP contribution >= 0.6 is 0 Å². The fourth-order valence-corrected chi connectivity index (χ4v) is 2.46. The number of anilines is 1. The van der Waals surface area contributed by atoms with E-state index < -0.39 is 0 Å². The second-order valence-corrected chi connectivity index (χ2v) is 5.80. The quantitative estimate of drug-likeness (QED) is 0.294. The number of aliphatic imine (C=N–C) groups is 1. The lowest BCUT2D eigenvalue weighted by molar-refractivity contribution is 0.478. The molecule has 0 aliphatic carbocycles. The van der Waals surface area contributed by atoms with Gasteiger partial charge in [-0.25, -0.2) is 4.99 Å². The molecule has 0 aliphatic heterocycles. The molecular weight excluding hydrogens is 322 g/mol. The van der Waals surface area contributed by atoms with E-state index >= 15 is 0 Å². The monoisotopic (exact) mass is 347 g/mol. The summed E-state index contributed by atoms with van der Waals surface area (Å²) in [5.74, 6) is 0.813. The van der Waals surface area contributed by atoms with Gasteiger partial charge < -0.3 is 15.7 Å². The number of nitrogens with zero attached hydrogens (tertiary/aromatic N) is 1. The van der Waals surface area contributed by atoms with Crippen molar-refractivity contribution in [2.75, 3.05) is 12.4 Å². The maximum absolute atomic E-state index is 9.95.